The zero-order valence-electron chi connectivity index (χ0n) is 12.4. The van der Waals surface area contributed by atoms with Crippen molar-refractivity contribution in [1.29, 1.82) is 0 Å². The van der Waals surface area contributed by atoms with Crippen molar-refractivity contribution in [2.24, 2.45) is 0 Å². The number of hydrogen-bond donors (Lipinski definition) is 5. The molecule has 0 aliphatic heterocycles. The summed E-state index contributed by atoms with van der Waals surface area (Å²) in [6.45, 7) is -1.00. The second-order valence-corrected chi connectivity index (χ2v) is 4.58. The number of carboxylic acids is 4. The van der Waals surface area contributed by atoms with Gasteiger partial charge in [0.1, 0.15) is 0 Å². The molecular formula is C11H18Co2N2O9. The molecule has 24 heavy (non-hydrogen) atoms. The van der Waals surface area contributed by atoms with Crippen LogP contribution in [-0.4, -0.2) is 97.7 Å². The summed E-state index contributed by atoms with van der Waals surface area (Å²) in [5, 5.41) is 44.3. The molecule has 0 saturated carbocycles. The first-order valence-corrected chi connectivity index (χ1v) is 6.09. The number of hydrogen-bond acceptors (Lipinski definition) is 7. The second-order valence-electron chi connectivity index (χ2n) is 4.58. The third-order valence-electron chi connectivity index (χ3n) is 2.70. The number of aliphatic hydroxyl groups is 1. The predicted molar refractivity (Wildman–Crippen MR) is 69.2 cm³/mol. The summed E-state index contributed by atoms with van der Waals surface area (Å²) in [6.07, 6.45) is -2.10. The van der Waals surface area contributed by atoms with E-state index in [1.807, 2.05) is 0 Å². The van der Waals surface area contributed by atoms with Crippen LogP contribution in [0.25, 0.3) is 0 Å². The minimum absolute atomic E-state index is 0. The van der Waals surface area contributed by atoms with Gasteiger partial charge < -0.3 is 25.5 Å². The van der Waals surface area contributed by atoms with E-state index in [1.165, 1.54) is 6.92 Å². The third-order valence-corrected chi connectivity index (χ3v) is 2.70. The largest absolute Gasteiger partial charge is 0.480 e. The number of aliphatic hydroxyl groups excluding tert-OH is 1. The number of carboxylic acid groups (broad SMARTS) is 4. The van der Waals surface area contributed by atoms with E-state index in [1.54, 1.807) is 0 Å². The van der Waals surface area contributed by atoms with Gasteiger partial charge in [-0.3, -0.25) is 24.2 Å². The van der Waals surface area contributed by atoms with Crippen molar-refractivity contribution >= 4 is 23.9 Å². The van der Waals surface area contributed by atoms with Crippen molar-refractivity contribution < 1.29 is 78.3 Å². The van der Waals surface area contributed by atoms with Gasteiger partial charge in [0.2, 0.25) is 6.23 Å². The maximum absolute atomic E-state index is 10.7. The quantitative estimate of drug-likeness (QED) is 0.217. The maximum Gasteiger partial charge on any atom is 0.348 e. The molecule has 0 amide bonds. The van der Waals surface area contributed by atoms with Gasteiger partial charge in [-0.25, -0.2) is 4.79 Å². The number of aliphatic carboxylic acids is 4. The van der Waals surface area contributed by atoms with Gasteiger partial charge >= 0.3 is 23.9 Å². The van der Waals surface area contributed by atoms with E-state index in [0.717, 1.165) is 4.90 Å². The average Bonchev–Trinajstić information content (AvgIpc) is 2.34. The molecular weight excluding hydrogens is 422 g/mol. The smallest absolute Gasteiger partial charge is 0.348 e. The van der Waals surface area contributed by atoms with Crippen LogP contribution in [-0.2, 0) is 52.7 Å². The molecule has 11 nitrogen and oxygen atoms in total. The van der Waals surface area contributed by atoms with Gasteiger partial charge in [0.15, 0.2) is 0 Å². The van der Waals surface area contributed by atoms with Crippen LogP contribution < -0.4 is 0 Å². The van der Waals surface area contributed by atoms with Gasteiger partial charge in [0.05, 0.1) is 19.6 Å². The van der Waals surface area contributed by atoms with E-state index >= 15 is 0 Å². The Balaban J connectivity index is -0.00000220. The molecule has 2 unspecified atom stereocenters. The van der Waals surface area contributed by atoms with Crippen LogP contribution in [0.3, 0.4) is 0 Å². The zero-order chi connectivity index (χ0) is 17.4. The normalized spacial score (nSPS) is 12.7. The van der Waals surface area contributed by atoms with Crippen molar-refractivity contribution in [2.45, 2.75) is 19.2 Å². The molecule has 0 saturated heterocycles. The monoisotopic (exact) mass is 440 g/mol. The summed E-state index contributed by atoms with van der Waals surface area (Å²) in [5.41, 5.74) is 0. The standard InChI is InChI=1S/C11H18N2O9.2Co/c1-6(12(3-7(14)15)4-8(16)17)2-13(5-9(18)19)10(20)11(21)22;;/h6,10,20H,2-5H2,1H3,(H,14,15)(H,16,17)(H,18,19)(H,21,22);;. The molecule has 0 fully saturated rings. The molecule has 2 atom stereocenters. The van der Waals surface area contributed by atoms with Gasteiger partial charge in [0.25, 0.3) is 0 Å². The Morgan fingerprint density at radius 1 is 0.792 bits per heavy atom. The van der Waals surface area contributed by atoms with E-state index in [4.69, 9.17) is 20.4 Å². The van der Waals surface area contributed by atoms with Crippen LogP contribution in [0.15, 0.2) is 0 Å². The molecule has 0 aliphatic carbocycles. The predicted octanol–water partition coefficient (Wildman–Crippen LogP) is -2.37. The molecule has 0 bridgehead atoms. The Kier molecular flexibility index (Phi) is 15.1. The molecule has 0 aromatic rings. The van der Waals surface area contributed by atoms with Crippen molar-refractivity contribution in [1.82, 2.24) is 9.80 Å². The molecule has 0 heterocycles. The summed E-state index contributed by atoms with van der Waals surface area (Å²) >= 11 is 0. The molecule has 144 valence electrons. The first kappa shape index (κ1) is 27.6. The number of carbonyl (C=O) groups is 4. The van der Waals surface area contributed by atoms with E-state index < -0.39 is 55.8 Å². The minimum atomic E-state index is -2.10. The van der Waals surface area contributed by atoms with E-state index in [-0.39, 0.29) is 40.1 Å². The first-order chi connectivity index (χ1) is 10.0. The minimum Gasteiger partial charge on any atom is -0.480 e. The van der Waals surface area contributed by atoms with Crippen molar-refractivity contribution in [3.63, 3.8) is 0 Å². The fourth-order valence-electron chi connectivity index (χ4n) is 1.75. The summed E-state index contributed by atoms with van der Waals surface area (Å²) in [7, 11) is 0. The van der Waals surface area contributed by atoms with E-state index in [9.17, 15) is 24.3 Å². The van der Waals surface area contributed by atoms with Gasteiger partial charge in [-0.1, -0.05) is 0 Å². The Labute approximate surface area is 157 Å². The molecule has 0 rings (SSSR count). The Hall–Kier alpha value is -1.23. The molecule has 13 heteroatoms. The SMILES string of the molecule is CC(CN(CC(=O)O)C(O)C(=O)O)N(CC(=O)O)CC(=O)O.[Co].[Co]. The van der Waals surface area contributed by atoms with E-state index in [2.05, 4.69) is 0 Å². The van der Waals surface area contributed by atoms with Gasteiger partial charge in [-0.2, -0.15) is 0 Å². The molecule has 0 aromatic carbocycles. The van der Waals surface area contributed by atoms with Crippen LogP contribution >= 0.6 is 0 Å². The maximum atomic E-state index is 10.7. The zero-order valence-corrected chi connectivity index (χ0v) is 14.5. The first-order valence-electron chi connectivity index (χ1n) is 6.09. The second kappa shape index (κ2) is 13.1. The van der Waals surface area contributed by atoms with Crippen LogP contribution in [0.2, 0.25) is 0 Å². The van der Waals surface area contributed by atoms with Crippen LogP contribution in [0.1, 0.15) is 6.92 Å². The molecule has 5 N–H and O–H groups in total. The van der Waals surface area contributed by atoms with Crippen LogP contribution in [0, 0.1) is 0 Å². The van der Waals surface area contributed by atoms with Crippen LogP contribution in [0.4, 0.5) is 0 Å². The molecule has 0 aromatic heterocycles. The van der Waals surface area contributed by atoms with Crippen molar-refractivity contribution in [3.05, 3.63) is 0 Å². The molecule has 2 radical (unpaired) electrons. The van der Waals surface area contributed by atoms with Crippen LogP contribution in [0.5, 0.6) is 0 Å². The summed E-state index contributed by atoms with van der Waals surface area (Å²) in [5.74, 6) is -5.65. The Bertz CT molecular complexity index is 433. The Morgan fingerprint density at radius 3 is 1.42 bits per heavy atom. The van der Waals surface area contributed by atoms with Crippen molar-refractivity contribution in [2.75, 3.05) is 26.2 Å². The van der Waals surface area contributed by atoms with Gasteiger partial charge in [-0.05, 0) is 6.92 Å². The third kappa shape index (κ3) is 11.3. The van der Waals surface area contributed by atoms with Gasteiger partial charge in [-0.15, -0.1) is 0 Å². The summed E-state index contributed by atoms with van der Waals surface area (Å²) in [4.78, 5) is 44.6. The topological polar surface area (TPSA) is 176 Å². The van der Waals surface area contributed by atoms with Gasteiger partial charge in [0, 0.05) is 46.1 Å². The molecule has 0 aliphatic rings. The summed E-state index contributed by atoms with van der Waals surface area (Å²) in [6, 6.07) is -0.819. The Morgan fingerprint density at radius 2 is 1.12 bits per heavy atom. The van der Waals surface area contributed by atoms with Crippen molar-refractivity contribution in [3.8, 4) is 0 Å². The number of nitrogens with zero attached hydrogens (tertiary/aromatic N) is 2. The summed E-state index contributed by atoms with van der Waals surface area (Å²) < 4.78 is 0. The molecule has 0 spiro atoms. The average molecular weight is 440 g/mol. The fraction of sp³-hybridized carbons (Fsp3) is 0.636. The fourth-order valence-corrected chi connectivity index (χ4v) is 1.75. The van der Waals surface area contributed by atoms with E-state index in [0.29, 0.717) is 4.90 Å². The number of rotatable bonds is 11.